The SMILES string of the molecule is Fc1cccc(C2COC=N2)c1F. The van der Waals surface area contributed by atoms with Crippen LogP contribution in [-0.2, 0) is 4.74 Å². The van der Waals surface area contributed by atoms with Crippen LogP contribution >= 0.6 is 0 Å². The van der Waals surface area contributed by atoms with Crippen LogP contribution < -0.4 is 0 Å². The van der Waals surface area contributed by atoms with Crippen LogP contribution in [0.1, 0.15) is 11.6 Å². The van der Waals surface area contributed by atoms with E-state index in [2.05, 4.69) is 4.99 Å². The maximum Gasteiger partial charge on any atom is 0.170 e. The fourth-order valence-corrected chi connectivity index (χ4v) is 1.24. The summed E-state index contributed by atoms with van der Waals surface area (Å²) < 4.78 is 30.7. The van der Waals surface area contributed by atoms with Gasteiger partial charge in [-0.3, -0.25) is 0 Å². The first-order valence-corrected chi connectivity index (χ1v) is 3.86. The van der Waals surface area contributed by atoms with E-state index in [-0.39, 0.29) is 12.2 Å². The molecule has 2 nitrogen and oxygen atoms in total. The Morgan fingerprint density at radius 2 is 2.23 bits per heavy atom. The maximum atomic E-state index is 13.1. The van der Waals surface area contributed by atoms with Gasteiger partial charge in [0.25, 0.3) is 0 Å². The molecule has 1 aliphatic heterocycles. The van der Waals surface area contributed by atoms with E-state index in [1.807, 2.05) is 0 Å². The minimum atomic E-state index is -0.848. The van der Waals surface area contributed by atoms with Gasteiger partial charge in [-0.25, -0.2) is 13.8 Å². The van der Waals surface area contributed by atoms with Gasteiger partial charge in [-0.1, -0.05) is 12.1 Å². The summed E-state index contributed by atoms with van der Waals surface area (Å²) in [6.07, 6.45) is 1.26. The molecule has 1 aromatic rings. The third-order valence-corrected chi connectivity index (χ3v) is 1.91. The Hall–Kier alpha value is -1.45. The Kier molecular flexibility index (Phi) is 1.96. The van der Waals surface area contributed by atoms with Crippen LogP contribution in [0.4, 0.5) is 8.78 Å². The monoisotopic (exact) mass is 183 g/mol. The third kappa shape index (κ3) is 1.39. The van der Waals surface area contributed by atoms with Crippen molar-refractivity contribution >= 4 is 6.40 Å². The quantitative estimate of drug-likeness (QED) is 0.653. The van der Waals surface area contributed by atoms with Gasteiger partial charge in [-0.05, 0) is 6.07 Å². The van der Waals surface area contributed by atoms with Crippen molar-refractivity contribution in [1.82, 2.24) is 0 Å². The van der Waals surface area contributed by atoms with E-state index >= 15 is 0 Å². The molecule has 2 rings (SSSR count). The van der Waals surface area contributed by atoms with Crippen LogP contribution in [-0.4, -0.2) is 13.0 Å². The first-order valence-electron chi connectivity index (χ1n) is 3.86. The lowest BCUT2D eigenvalue weighted by Gasteiger charge is -2.06. The number of ether oxygens (including phenoxy) is 1. The molecule has 0 aliphatic carbocycles. The van der Waals surface area contributed by atoms with Crippen LogP contribution in [0.15, 0.2) is 23.2 Å². The Labute approximate surface area is 73.9 Å². The lowest BCUT2D eigenvalue weighted by atomic mass is 10.1. The van der Waals surface area contributed by atoms with Gasteiger partial charge in [-0.15, -0.1) is 0 Å². The highest BCUT2D eigenvalue weighted by atomic mass is 19.2. The topological polar surface area (TPSA) is 21.6 Å². The van der Waals surface area contributed by atoms with Gasteiger partial charge >= 0.3 is 0 Å². The number of aliphatic imine (C=N–C) groups is 1. The molecule has 0 saturated heterocycles. The molecule has 1 atom stereocenters. The first-order chi connectivity index (χ1) is 6.29. The number of nitrogens with zero attached hydrogens (tertiary/aromatic N) is 1. The van der Waals surface area contributed by atoms with Gasteiger partial charge in [0.2, 0.25) is 0 Å². The van der Waals surface area contributed by atoms with Gasteiger partial charge in [0.15, 0.2) is 18.0 Å². The second-order valence-corrected chi connectivity index (χ2v) is 2.75. The van der Waals surface area contributed by atoms with Crippen molar-refractivity contribution in [3.8, 4) is 0 Å². The average Bonchev–Trinajstić information content (AvgIpc) is 2.62. The van der Waals surface area contributed by atoms with E-state index in [1.165, 1.54) is 18.5 Å². The summed E-state index contributed by atoms with van der Waals surface area (Å²) >= 11 is 0. The van der Waals surface area contributed by atoms with Crippen LogP contribution in [0.5, 0.6) is 0 Å². The highest BCUT2D eigenvalue weighted by Crippen LogP contribution is 2.24. The lowest BCUT2D eigenvalue weighted by molar-refractivity contribution is 0.326. The number of hydrogen-bond donors (Lipinski definition) is 0. The molecule has 1 heterocycles. The summed E-state index contributed by atoms with van der Waals surface area (Å²) in [6.45, 7) is 0.278. The maximum absolute atomic E-state index is 13.1. The minimum Gasteiger partial charge on any atom is -0.481 e. The second kappa shape index (κ2) is 3.12. The van der Waals surface area contributed by atoms with Crippen molar-refractivity contribution < 1.29 is 13.5 Å². The van der Waals surface area contributed by atoms with Crippen molar-refractivity contribution in [2.24, 2.45) is 4.99 Å². The standard InChI is InChI=1S/C9H7F2NO/c10-7-3-1-2-6(9(7)11)8-4-13-5-12-8/h1-3,5,8H,4H2. The summed E-state index contributed by atoms with van der Waals surface area (Å²) in [7, 11) is 0. The Bertz CT molecular complexity index is 351. The summed E-state index contributed by atoms with van der Waals surface area (Å²) in [5.74, 6) is -1.69. The van der Waals surface area contributed by atoms with Crippen molar-refractivity contribution in [3.05, 3.63) is 35.4 Å². The highest BCUT2D eigenvalue weighted by Gasteiger charge is 2.19. The van der Waals surface area contributed by atoms with Crippen molar-refractivity contribution in [3.63, 3.8) is 0 Å². The predicted octanol–water partition coefficient (Wildman–Crippen LogP) is 2.06. The molecule has 0 saturated carbocycles. The Morgan fingerprint density at radius 1 is 1.38 bits per heavy atom. The molecule has 1 aliphatic rings. The van der Waals surface area contributed by atoms with E-state index < -0.39 is 17.7 Å². The van der Waals surface area contributed by atoms with Crippen molar-refractivity contribution in [2.45, 2.75) is 6.04 Å². The Balaban J connectivity index is 2.39. The molecular formula is C9H7F2NO. The van der Waals surface area contributed by atoms with E-state index in [0.29, 0.717) is 0 Å². The van der Waals surface area contributed by atoms with Gasteiger partial charge in [-0.2, -0.15) is 0 Å². The first kappa shape index (κ1) is 8.16. The molecule has 13 heavy (non-hydrogen) atoms. The largest absolute Gasteiger partial charge is 0.481 e. The highest BCUT2D eigenvalue weighted by molar-refractivity contribution is 5.50. The zero-order valence-corrected chi connectivity index (χ0v) is 6.71. The van der Waals surface area contributed by atoms with Gasteiger partial charge in [0.05, 0.1) is 0 Å². The third-order valence-electron chi connectivity index (χ3n) is 1.91. The van der Waals surface area contributed by atoms with E-state index in [0.717, 1.165) is 6.07 Å². The molecule has 1 aromatic carbocycles. The van der Waals surface area contributed by atoms with Gasteiger partial charge in [0.1, 0.15) is 12.6 Å². The van der Waals surface area contributed by atoms with Crippen LogP contribution in [0.25, 0.3) is 0 Å². The molecule has 0 fully saturated rings. The molecule has 0 bridgehead atoms. The lowest BCUT2D eigenvalue weighted by Crippen LogP contribution is -2.02. The smallest absolute Gasteiger partial charge is 0.170 e. The molecule has 0 amide bonds. The fourth-order valence-electron chi connectivity index (χ4n) is 1.24. The Morgan fingerprint density at radius 3 is 2.92 bits per heavy atom. The van der Waals surface area contributed by atoms with Gasteiger partial charge < -0.3 is 4.74 Å². The van der Waals surface area contributed by atoms with Gasteiger partial charge in [0, 0.05) is 5.56 Å². The molecule has 4 heteroatoms. The van der Waals surface area contributed by atoms with E-state index in [4.69, 9.17) is 4.74 Å². The minimum absolute atomic E-state index is 0.244. The number of halogens is 2. The van der Waals surface area contributed by atoms with Crippen LogP contribution in [0, 0.1) is 11.6 Å². The molecule has 0 radical (unpaired) electrons. The normalized spacial score (nSPS) is 20.3. The van der Waals surface area contributed by atoms with Crippen LogP contribution in [0.2, 0.25) is 0 Å². The number of hydrogen-bond acceptors (Lipinski definition) is 2. The summed E-state index contributed by atoms with van der Waals surface area (Å²) in [5.41, 5.74) is 0.244. The second-order valence-electron chi connectivity index (χ2n) is 2.75. The molecule has 1 unspecified atom stereocenters. The molecule has 0 spiro atoms. The zero-order valence-electron chi connectivity index (χ0n) is 6.71. The average molecular weight is 183 g/mol. The summed E-state index contributed by atoms with van der Waals surface area (Å²) in [4.78, 5) is 3.85. The van der Waals surface area contributed by atoms with Crippen molar-refractivity contribution in [1.29, 1.82) is 0 Å². The van der Waals surface area contributed by atoms with E-state index in [1.54, 1.807) is 0 Å². The molecular weight excluding hydrogens is 176 g/mol. The molecule has 68 valence electrons. The molecule has 0 aromatic heterocycles. The molecule has 0 N–H and O–H groups in total. The summed E-state index contributed by atoms with van der Waals surface area (Å²) in [5, 5.41) is 0. The van der Waals surface area contributed by atoms with Crippen LogP contribution in [0.3, 0.4) is 0 Å². The predicted molar refractivity (Wildman–Crippen MR) is 43.5 cm³/mol. The fraction of sp³-hybridized carbons (Fsp3) is 0.222. The van der Waals surface area contributed by atoms with Crippen molar-refractivity contribution in [2.75, 3.05) is 6.61 Å². The van der Waals surface area contributed by atoms with E-state index in [9.17, 15) is 8.78 Å². The summed E-state index contributed by atoms with van der Waals surface area (Å²) in [6, 6.07) is 3.64. The number of benzene rings is 1. The number of rotatable bonds is 1. The zero-order chi connectivity index (χ0) is 9.26.